The Morgan fingerprint density at radius 1 is 1.56 bits per heavy atom. The van der Waals surface area contributed by atoms with Crippen molar-refractivity contribution < 1.29 is 9.59 Å². The van der Waals surface area contributed by atoms with Crippen molar-refractivity contribution in [3.8, 4) is 0 Å². The van der Waals surface area contributed by atoms with Crippen LogP contribution in [0.25, 0.3) is 0 Å². The van der Waals surface area contributed by atoms with E-state index in [0.29, 0.717) is 19.5 Å². The van der Waals surface area contributed by atoms with Gasteiger partial charge >= 0.3 is 0 Å². The molecule has 0 spiro atoms. The van der Waals surface area contributed by atoms with Crippen LogP contribution in [0, 0.1) is 5.41 Å². The number of nitrogens with zero attached hydrogens (tertiary/aromatic N) is 3. The largest absolute Gasteiger partial charge is 0.366 e. The van der Waals surface area contributed by atoms with Crippen LogP contribution in [0.3, 0.4) is 0 Å². The summed E-state index contributed by atoms with van der Waals surface area (Å²) in [6.45, 7) is 2.73. The molecule has 8 nitrogen and oxygen atoms in total. The van der Waals surface area contributed by atoms with Gasteiger partial charge in [-0.15, -0.1) is 5.10 Å². The smallest absolute Gasteiger partial charge is 0.291 e. The molecule has 8 heteroatoms. The fourth-order valence-corrected chi connectivity index (χ4v) is 2.14. The Balaban J connectivity index is 2.09. The second kappa shape index (κ2) is 4.28. The van der Waals surface area contributed by atoms with Crippen molar-refractivity contribution in [1.29, 1.82) is 0 Å². The molecule has 1 aromatic rings. The van der Waals surface area contributed by atoms with E-state index in [9.17, 15) is 9.59 Å². The number of carbonyl (C=O) groups is 2. The van der Waals surface area contributed by atoms with Gasteiger partial charge in [-0.3, -0.25) is 14.7 Å². The Bertz CT molecular complexity index is 484. The number of amides is 2. The summed E-state index contributed by atoms with van der Waals surface area (Å²) in [5.74, 6) is -0.207. The molecule has 0 aliphatic carbocycles. The lowest BCUT2D eigenvalue weighted by atomic mass is 9.89. The number of carbonyl (C=O) groups excluding carboxylic acids is 2. The highest BCUT2D eigenvalue weighted by molar-refractivity contribution is 5.92. The first-order valence-electron chi connectivity index (χ1n) is 5.65. The Morgan fingerprint density at radius 3 is 2.83 bits per heavy atom. The molecule has 2 amide bonds. The van der Waals surface area contributed by atoms with Crippen molar-refractivity contribution in [2.45, 2.75) is 13.3 Å². The van der Waals surface area contributed by atoms with Crippen molar-refractivity contribution in [2.24, 2.45) is 5.41 Å². The number of hydrogen-bond donors (Lipinski definition) is 3. The number of aromatic nitrogens is 3. The van der Waals surface area contributed by atoms with Gasteiger partial charge in [0.15, 0.2) is 0 Å². The molecule has 18 heavy (non-hydrogen) atoms. The van der Waals surface area contributed by atoms with E-state index in [1.807, 2.05) is 6.92 Å². The summed E-state index contributed by atoms with van der Waals surface area (Å²) in [4.78, 5) is 29.2. The lowest BCUT2D eigenvalue weighted by Crippen LogP contribution is -2.40. The minimum atomic E-state index is -0.546. The number of H-pyrrole nitrogens is 1. The maximum Gasteiger partial charge on any atom is 0.291 e. The Labute approximate surface area is 104 Å². The first-order chi connectivity index (χ1) is 8.46. The standard InChI is InChI=1S/C10H16N6O2/c1-10(8(18)12-2)3-4-16(5-10)7(17)6-13-9(11)15-14-6/h3-5H2,1-2H3,(H,12,18)(H3,11,13,14,15). The van der Waals surface area contributed by atoms with Crippen LogP contribution in [0.15, 0.2) is 0 Å². The zero-order chi connectivity index (χ0) is 13.3. The average Bonchev–Trinajstić information content (AvgIpc) is 2.95. The molecule has 2 heterocycles. The number of rotatable bonds is 2. The molecule has 1 unspecified atom stereocenters. The molecule has 0 radical (unpaired) electrons. The Kier molecular flexibility index (Phi) is 2.93. The molecule has 1 aromatic heterocycles. The van der Waals surface area contributed by atoms with Crippen molar-refractivity contribution in [1.82, 2.24) is 25.4 Å². The van der Waals surface area contributed by atoms with E-state index < -0.39 is 5.41 Å². The zero-order valence-corrected chi connectivity index (χ0v) is 10.4. The van der Waals surface area contributed by atoms with Crippen LogP contribution in [0.4, 0.5) is 5.95 Å². The molecular formula is C10H16N6O2. The summed E-state index contributed by atoms with van der Waals surface area (Å²) < 4.78 is 0. The first kappa shape index (κ1) is 12.3. The number of likely N-dealkylation sites (tertiary alicyclic amines) is 1. The van der Waals surface area contributed by atoms with E-state index in [1.165, 1.54) is 0 Å². The van der Waals surface area contributed by atoms with Gasteiger partial charge in [0, 0.05) is 20.1 Å². The fourth-order valence-electron chi connectivity index (χ4n) is 2.14. The first-order valence-corrected chi connectivity index (χ1v) is 5.65. The molecular weight excluding hydrogens is 236 g/mol. The molecule has 1 saturated heterocycles. The van der Waals surface area contributed by atoms with Gasteiger partial charge in [0.05, 0.1) is 5.41 Å². The van der Waals surface area contributed by atoms with Crippen LogP contribution in [-0.2, 0) is 4.79 Å². The molecule has 98 valence electrons. The number of hydrogen-bond acceptors (Lipinski definition) is 5. The van der Waals surface area contributed by atoms with Crippen molar-refractivity contribution in [3.05, 3.63) is 5.82 Å². The molecule has 1 aliphatic rings. The monoisotopic (exact) mass is 252 g/mol. The van der Waals surface area contributed by atoms with Gasteiger partial charge in [0.1, 0.15) is 0 Å². The fraction of sp³-hybridized carbons (Fsp3) is 0.600. The molecule has 0 bridgehead atoms. The third-order valence-corrected chi connectivity index (χ3v) is 3.24. The summed E-state index contributed by atoms with van der Waals surface area (Å²) >= 11 is 0. The molecule has 0 saturated carbocycles. The van der Waals surface area contributed by atoms with E-state index in [-0.39, 0.29) is 23.6 Å². The quantitative estimate of drug-likeness (QED) is 0.623. The SMILES string of the molecule is CNC(=O)C1(C)CCN(C(=O)c2nc(N)n[nH]2)C1. The lowest BCUT2D eigenvalue weighted by Gasteiger charge is -2.22. The third-order valence-electron chi connectivity index (χ3n) is 3.24. The average molecular weight is 252 g/mol. The van der Waals surface area contributed by atoms with Crippen LogP contribution >= 0.6 is 0 Å². The Morgan fingerprint density at radius 2 is 2.28 bits per heavy atom. The van der Waals surface area contributed by atoms with Crippen LogP contribution < -0.4 is 11.1 Å². The van der Waals surface area contributed by atoms with E-state index in [0.717, 1.165) is 0 Å². The Hall–Kier alpha value is -2.12. The zero-order valence-electron chi connectivity index (χ0n) is 10.4. The van der Waals surface area contributed by atoms with Gasteiger partial charge < -0.3 is 16.0 Å². The van der Waals surface area contributed by atoms with Crippen LogP contribution in [0.2, 0.25) is 0 Å². The molecule has 1 fully saturated rings. The van der Waals surface area contributed by atoms with E-state index in [2.05, 4.69) is 20.5 Å². The highest BCUT2D eigenvalue weighted by Gasteiger charge is 2.42. The normalized spacial score (nSPS) is 23.1. The second-order valence-corrected chi connectivity index (χ2v) is 4.66. The summed E-state index contributed by atoms with van der Waals surface area (Å²) in [6.07, 6.45) is 0.627. The van der Waals surface area contributed by atoms with E-state index >= 15 is 0 Å². The van der Waals surface area contributed by atoms with Crippen molar-refractivity contribution in [2.75, 3.05) is 25.9 Å². The number of nitrogen functional groups attached to an aromatic ring is 1. The molecule has 4 N–H and O–H groups in total. The van der Waals surface area contributed by atoms with Gasteiger partial charge in [-0.1, -0.05) is 0 Å². The minimum absolute atomic E-state index is 0.0339. The molecule has 2 rings (SSSR count). The number of anilines is 1. The molecule has 1 aliphatic heterocycles. The van der Waals surface area contributed by atoms with Gasteiger partial charge in [-0.05, 0) is 13.3 Å². The van der Waals surface area contributed by atoms with Crippen LogP contribution in [0.1, 0.15) is 24.0 Å². The summed E-state index contributed by atoms with van der Waals surface area (Å²) in [6, 6.07) is 0. The molecule has 0 aromatic carbocycles. The van der Waals surface area contributed by atoms with Gasteiger partial charge in [0.2, 0.25) is 17.7 Å². The highest BCUT2D eigenvalue weighted by atomic mass is 16.2. The minimum Gasteiger partial charge on any atom is -0.366 e. The third kappa shape index (κ3) is 2.01. The number of nitrogens with two attached hydrogens (primary N) is 1. The topological polar surface area (TPSA) is 117 Å². The van der Waals surface area contributed by atoms with Crippen molar-refractivity contribution in [3.63, 3.8) is 0 Å². The summed E-state index contributed by atoms with van der Waals surface area (Å²) in [7, 11) is 1.59. The van der Waals surface area contributed by atoms with Crippen LogP contribution in [-0.4, -0.2) is 52.0 Å². The van der Waals surface area contributed by atoms with Gasteiger partial charge in [-0.2, -0.15) is 4.98 Å². The number of nitrogens with one attached hydrogen (secondary N) is 2. The lowest BCUT2D eigenvalue weighted by molar-refractivity contribution is -0.128. The summed E-state index contributed by atoms with van der Waals surface area (Å²) in [5, 5.41) is 8.70. The van der Waals surface area contributed by atoms with E-state index in [1.54, 1.807) is 11.9 Å². The van der Waals surface area contributed by atoms with Gasteiger partial charge in [0.25, 0.3) is 5.91 Å². The predicted molar refractivity (Wildman–Crippen MR) is 63.5 cm³/mol. The van der Waals surface area contributed by atoms with Crippen LogP contribution in [0.5, 0.6) is 0 Å². The van der Waals surface area contributed by atoms with Gasteiger partial charge in [-0.25, -0.2) is 0 Å². The van der Waals surface area contributed by atoms with E-state index in [4.69, 9.17) is 5.73 Å². The molecule has 1 atom stereocenters. The number of aromatic amines is 1. The second-order valence-electron chi connectivity index (χ2n) is 4.66. The highest BCUT2D eigenvalue weighted by Crippen LogP contribution is 2.30. The predicted octanol–water partition coefficient (Wildman–Crippen LogP) is -1.01. The summed E-state index contributed by atoms with van der Waals surface area (Å²) in [5.41, 5.74) is 4.80. The maximum absolute atomic E-state index is 12.1. The van der Waals surface area contributed by atoms with Crippen molar-refractivity contribution >= 4 is 17.8 Å². The maximum atomic E-state index is 12.1.